The Kier molecular flexibility index (Phi) is 4.90. The average Bonchev–Trinajstić information content (AvgIpc) is 3.53. The molecule has 0 radical (unpaired) electrons. The van der Waals surface area contributed by atoms with Crippen LogP contribution in [0, 0.1) is 0 Å². The second-order valence-electron chi connectivity index (χ2n) is 9.18. The van der Waals surface area contributed by atoms with Crippen LogP contribution in [0.4, 0.5) is 0 Å². The van der Waals surface area contributed by atoms with Gasteiger partial charge in [0.1, 0.15) is 5.82 Å². The van der Waals surface area contributed by atoms with E-state index in [-0.39, 0.29) is 0 Å². The van der Waals surface area contributed by atoms with E-state index in [4.69, 9.17) is 4.98 Å². The Bertz CT molecular complexity index is 1500. The van der Waals surface area contributed by atoms with Gasteiger partial charge in [-0.25, -0.2) is 9.97 Å². The zero-order chi connectivity index (χ0) is 23.2. The minimum Gasteiger partial charge on any atom is -0.353 e. The molecule has 4 heterocycles. The van der Waals surface area contributed by atoms with E-state index in [1.807, 2.05) is 48.1 Å². The van der Waals surface area contributed by atoms with Crippen LogP contribution >= 0.6 is 0 Å². The topological polar surface area (TPSA) is 66.3 Å². The Morgan fingerprint density at radius 2 is 1.76 bits per heavy atom. The molecular weight excluding hydrogens is 422 g/mol. The lowest BCUT2D eigenvalue weighted by Gasteiger charge is -2.18. The molecule has 0 bridgehead atoms. The first-order valence-corrected chi connectivity index (χ1v) is 11.6. The van der Waals surface area contributed by atoms with Gasteiger partial charge in [0.15, 0.2) is 0 Å². The zero-order valence-electron chi connectivity index (χ0n) is 19.7. The Morgan fingerprint density at radius 1 is 0.882 bits per heavy atom. The first-order valence-electron chi connectivity index (χ1n) is 11.6. The van der Waals surface area contributed by atoms with E-state index in [1.165, 1.54) is 33.5 Å². The molecule has 0 fully saturated rings. The fraction of sp³-hybridized carbons (Fsp3) is 0.259. The molecule has 0 aliphatic heterocycles. The summed E-state index contributed by atoms with van der Waals surface area (Å²) in [7, 11) is 6.03. The summed E-state index contributed by atoms with van der Waals surface area (Å²) < 4.78 is 5.94. The fourth-order valence-corrected chi connectivity index (χ4v) is 4.97. The largest absolute Gasteiger partial charge is 0.353 e. The average molecular weight is 450 g/mol. The van der Waals surface area contributed by atoms with Gasteiger partial charge in [0.2, 0.25) is 0 Å². The van der Waals surface area contributed by atoms with Gasteiger partial charge in [-0.1, -0.05) is 24.3 Å². The van der Waals surface area contributed by atoms with Crippen LogP contribution in [-0.2, 0) is 46.8 Å². The summed E-state index contributed by atoms with van der Waals surface area (Å²) in [6.45, 7) is 0. The highest BCUT2D eigenvalue weighted by Crippen LogP contribution is 2.37. The van der Waals surface area contributed by atoms with E-state index in [1.54, 1.807) is 0 Å². The summed E-state index contributed by atoms with van der Waals surface area (Å²) in [6, 6.07) is 10.8. The van der Waals surface area contributed by atoms with Gasteiger partial charge >= 0.3 is 0 Å². The van der Waals surface area contributed by atoms with Gasteiger partial charge in [-0.2, -0.15) is 10.2 Å². The molecule has 0 amide bonds. The molecule has 0 saturated heterocycles. The maximum atomic E-state index is 5.06. The monoisotopic (exact) mass is 449 g/mol. The van der Waals surface area contributed by atoms with Crippen molar-refractivity contribution in [1.29, 1.82) is 0 Å². The summed E-state index contributed by atoms with van der Waals surface area (Å²) in [6.07, 6.45) is 13.7. The van der Waals surface area contributed by atoms with Crippen molar-refractivity contribution in [2.75, 3.05) is 0 Å². The first-order chi connectivity index (χ1) is 16.5. The van der Waals surface area contributed by atoms with Crippen molar-refractivity contribution >= 4 is 0 Å². The molecule has 7 heteroatoms. The minimum atomic E-state index is 0.638. The third-order valence-corrected chi connectivity index (χ3v) is 6.64. The molecular formula is C27H27N7. The lowest BCUT2D eigenvalue weighted by molar-refractivity contribution is 0.743. The van der Waals surface area contributed by atoms with Crippen LogP contribution in [0.15, 0.2) is 61.3 Å². The molecule has 7 nitrogen and oxygen atoms in total. The van der Waals surface area contributed by atoms with Gasteiger partial charge in [0.05, 0.1) is 24.0 Å². The van der Waals surface area contributed by atoms with Crippen molar-refractivity contribution in [3.8, 4) is 22.4 Å². The predicted molar refractivity (Wildman–Crippen MR) is 131 cm³/mol. The van der Waals surface area contributed by atoms with E-state index < -0.39 is 0 Å². The highest BCUT2D eigenvalue weighted by atomic mass is 15.2. The van der Waals surface area contributed by atoms with E-state index in [0.29, 0.717) is 6.42 Å². The number of fused-ring (bicyclic) bond motifs is 3. The first kappa shape index (κ1) is 20.6. The Balaban J connectivity index is 1.37. The molecule has 6 rings (SSSR count). The maximum absolute atomic E-state index is 5.06. The molecule has 0 atom stereocenters. The van der Waals surface area contributed by atoms with Crippen LogP contribution < -0.4 is 0 Å². The standard InChI is InChI=1S/C27H27N7/c1-32-16-21-8-7-20-14-28-25(13-23-9-10-33(2)31-23)30-27(20)26(21)24(32)12-18-5-4-6-19(11-18)22-15-29-34(3)17-22/h4-6,9-11,14-17H,7-8,12-13H2,1-3H3. The van der Waals surface area contributed by atoms with Gasteiger partial charge in [-0.15, -0.1) is 0 Å². The minimum absolute atomic E-state index is 0.638. The quantitative estimate of drug-likeness (QED) is 0.408. The molecule has 1 aliphatic rings. The third kappa shape index (κ3) is 3.73. The number of hydrogen-bond acceptors (Lipinski definition) is 4. The zero-order valence-corrected chi connectivity index (χ0v) is 19.7. The summed E-state index contributed by atoms with van der Waals surface area (Å²) >= 11 is 0. The molecule has 0 spiro atoms. The summed E-state index contributed by atoms with van der Waals surface area (Å²) in [5.41, 5.74) is 10.8. The lowest BCUT2D eigenvalue weighted by atomic mass is 9.90. The van der Waals surface area contributed by atoms with Gasteiger partial charge in [0.25, 0.3) is 0 Å². The highest BCUT2D eigenvalue weighted by molar-refractivity contribution is 5.73. The molecule has 0 saturated carbocycles. The highest BCUT2D eigenvalue weighted by Gasteiger charge is 2.25. The van der Waals surface area contributed by atoms with Crippen LogP contribution in [0.2, 0.25) is 0 Å². The van der Waals surface area contributed by atoms with Crippen LogP contribution in [0.5, 0.6) is 0 Å². The Labute approximate surface area is 198 Å². The lowest BCUT2D eigenvalue weighted by Crippen LogP contribution is -2.10. The van der Waals surface area contributed by atoms with E-state index in [9.17, 15) is 0 Å². The Morgan fingerprint density at radius 3 is 2.56 bits per heavy atom. The number of hydrogen-bond donors (Lipinski definition) is 0. The molecule has 4 aromatic heterocycles. The van der Waals surface area contributed by atoms with Crippen LogP contribution in [0.3, 0.4) is 0 Å². The van der Waals surface area contributed by atoms with Gasteiger partial charge in [-0.3, -0.25) is 9.36 Å². The normalized spacial score (nSPS) is 12.6. The van der Waals surface area contributed by atoms with Gasteiger partial charge < -0.3 is 4.57 Å². The fourth-order valence-electron chi connectivity index (χ4n) is 4.97. The summed E-state index contributed by atoms with van der Waals surface area (Å²) in [4.78, 5) is 9.72. The second kappa shape index (κ2) is 8.09. The summed E-state index contributed by atoms with van der Waals surface area (Å²) in [5.74, 6) is 0.818. The maximum Gasteiger partial charge on any atom is 0.134 e. The van der Waals surface area contributed by atoms with Crippen molar-refractivity contribution in [1.82, 2.24) is 34.1 Å². The SMILES string of the molecule is Cn1cc(-c2cccc(Cc3c4c(cn3C)CCc3cnc(Cc5ccn(C)n5)nc3-4)c2)cn1. The van der Waals surface area contributed by atoms with Gasteiger partial charge in [0, 0.05) is 69.2 Å². The molecule has 1 aliphatic carbocycles. The van der Waals surface area contributed by atoms with Gasteiger partial charge in [-0.05, 0) is 41.2 Å². The Hall–Kier alpha value is -4.00. The molecule has 0 unspecified atom stereocenters. The molecule has 170 valence electrons. The number of benzene rings is 1. The molecule has 5 aromatic rings. The number of aromatic nitrogens is 7. The van der Waals surface area contributed by atoms with Crippen molar-refractivity contribution < 1.29 is 0 Å². The van der Waals surface area contributed by atoms with Crippen LogP contribution in [0.1, 0.15) is 33.9 Å². The van der Waals surface area contributed by atoms with Crippen LogP contribution in [0.25, 0.3) is 22.4 Å². The van der Waals surface area contributed by atoms with E-state index in [0.717, 1.165) is 42.0 Å². The van der Waals surface area contributed by atoms with E-state index in [2.05, 4.69) is 63.5 Å². The van der Waals surface area contributed by atoms with Crippen LogP contribution in [-0.4, -0.2) is 34.1 Å². The number of nitrogens with zero attached hydrogens (tertiary/aromatic N) is 7. The van der Waals surface area contributed by atoms with Crippen molar-refractivity contribution in [3.63, 3.8) is 0 Å². The molecule has 1 aromatic carbocycles. The number of rotatable bonds is 5. The van der Waals surface area contributed by atoms with Crippen molar-refractivity contribution in [2.45, 2.75) is 25.7 Å². The molecule has 0 N–H and O–H groups in total. The smallest absolute Gasteiger partial charge is 0.134 e. The second-order valence-corrected chi connectivity index (χ2v) is 9.18. The third-order valence-electron chi connectivity index (χ3n) is 6.64. The van der Waals surface area contributed by atoms with E-state index >= 15 is 0 Å². The van der Waals surface area contributed by atoms with Crippen molar-refractivity contribution in [2.24, 2.45) is 21.1 Å². The van der Waals surface area contributed by atoms with Crippen molar-refractivity contribution in [3.05, 3.63) is 95.2 Å². The predicted octanol–water partition coefficient (Wildman–Crippen LogP) is 3.90. The number of aryl methyl sites for hydroxylation is 5. The summed E-state index contributed by atoms with van der Waals surface area (Å²) in [5, 5.41) is 8.83. The molecule has 34 heavy (non-hydrogen) atoms.